The third-order valence-corrected chi connectivity index (χ3v) is 6.24. The number of methoxy groups -OCH3 is 2. The van der Waals surface area contributed by atoms with Crippen LogP contribution in [-0.4, -0.2) is 42.1 Å². The van der Waals surface area contributed by atoms with Gasteiger partial charge in [0.05, 0.1) is 19.8 Å². The lowest BCUT2D eigenvalue weighted by atomic mass is 9.93. The van der Waals surface area contributed by atoms with Gasteiger partial charge in [-0.05, 0) is 61.0 Å². The molecule has 0 saturated carbocycles. The van der Waals surface area contributed by atoms with E-state index in [0.717, 1.165) is 11.3 Å². The standard InChI is InChI=1S/C27H24N2O6/c1-15-12-17-13-16(7-9-20(17)35-15)25(30)23-24(19-14-18(33-2)8-10-21(19)34-3)29(27(32)26(23)31)22-6-4-5-11-28-22/h4-11,13-15,24,30H,12H2,1-3H3. The lowest BCUT2D eigenvalue weighted by molar-refractivity contribution is -0.132. The van der Waals surface area contributed by atoms with E-state index in [2.05, 4.69) is 4.98 Å². The molecule has 8 heteroatoms. The van der Waals surface area contributed by atoms with E-state index in [0.29, 0.717) is 29.0 Å². The Hall–Kier alpha value is -4.33. The van der Waals surface area contributed by atoms with E-state index in [1.54, 1.807) is 54.6 Å². The molecule has 0 aliphatic carbocycles. The molecule has 1 aromatic heterocycles. The van der Waals surface area contributed by atoms with Gasteiger partial charge in [0, 0.05) is 23.7 Å². The zero-order valence-corrected chi connectivity index (χ0v) is 19.5. The van der Waals surface area contributed by atoms with E-state index in [1.807, 2.05) is 6.92 Å². The molecule has 2 aliphatic rings. The van der Waals surface area contributed by atoms with Crippen LogP contribution in [0.1, 0.15) is 29.7 Å². The molecule has 3 heterocycles. The summed E-state index contributed by atoms with van der Waals surface area (Å²) in [6.45, 7) is 1.97. The number of rotatable bonds is 5. The number of carbonyl (C=O) groups excluding carboxylic acids is 2. The molecule has 0 bridgehead atoms. The summed E-state index contributed by atoms with van der Waals surface area (Å²) in [5.74, 6) is 0.0795. The van der Waals surface area contributed by atoms with Crippen LogP contribution in [0.5, 0.6) is 17.2 Å². The molecule has 8 nitrogen and oxygen atoms in total. The number of aliphatic hydroxyl groups is 1. The number of aromatic nitrogens is 1. The largest absolute Gasteiger partial charge is 0.507 e. The average molecular weight is 472 g/mol. The Balaban J connectivity index is 1.74. The van der Waals surface area contributed by atoms with Crippen molar-refractivity contribution in [1.29, 1.82) is 0 Å². The molecular weight excluding hydrogens is 448 g/mol. The van der Waals surface area contributed by atoms with Gasteiger partial charge in [-0.1, -0.05) is 6.07 Å². The van der Waals surface area contributed by atoms with E-state index in [4.69, 9.17) is 14.2 Å². The number of aliphatic hydroxyl groups excluding tert-OH is 1. The number of benzene rings is 2. The van der Waals surface area contributed by atoms with Gasteiger partial charge in [0.1, 0.15) is 41.0 Å². The van der Waals surface area contributed by atoms with Crippen molar-refractivity contribution in [3.8, 4) is 17.2 Å². The highest BCUT2D eigenvalue weighted by Crippen LogP contribution is 2.45. The summed E-state index contributed by atoms with van der Waals surface area (Å²) in [6.07, 6.45) is 2.25. The van der Waals surface area contributed by atoms with Crippen molar-refractivity contribution in [2.75, 3.05) is 19.1 Å². The van der Waals surface area contributed by atoms with Crippen molar-refractivity contribution in [3.63, 3.8) is 0 Å². The van der Waals surface area contributed by atoms with Gasteiger partial charge in [0.15, 0.2) is 0 Å². The minimum atomic E-state index is -0.988. The maximum Gasteiger partial charge on any atom is 0.301 e. The van der Waals surface area contributed by atoms with Crippen LogP contribution in [0.3, 0.4) is 0 Å². The first-order valence-electron chi connectivity index (χ1n) is 11.2. The van der Waals surface area contributed by atoms with Gasteiger partial charge in [-0.25, -0.2) is 4.98 Å². The highest BCUT2D eigenvalue weighted by molar-refractivity contribution is 6.51. The lowest BCUT2D eigenvalue weighted by Gasteiger charge is -2.26. The van der Waals surface area contributed by atoms with Crippen LogP contribution in [0.15, 0.2) is 66.4 Å². The maximum absolute atomic E-state index is 13.4. The molecule has 1 amide bonds. The number of nitrogens with zero attached hydrogens (tertiary/aromatic N) is 2. The van der Waals surface area contributed by atoms with Gasteiger partial charge >= 0.3 is 5.91 Å². The summed E-state index contributed by atoms with van der Waals surface area (Å²) >= 11 is 0. The van der Waals surface area contributed by atoms with Crippen molar-refractivity contribution in [1.82, 2.24) is 4.98 Å². The molecule has 178 valence electrons. The van der Waals surface area contributed by atoms with E-state index in [9.17, 15) is 14.7 Å². The summed E-state index contributed by atoms with van der Waals surface area (Å²) in [7, 11) is 3.02. The number of fused-ring (bicyclic) bond motifs is 1. The molecule has 2 aromatic carbocycles. The van der Waals surface area contributed by atoms with E-state index < -0.39 is 17.7 Å². The third kappa shape index (κ3) is 3.77. The Kier molecular flexibility index (Phi) is 5.64. The average Bonchev–Trinajstić information content (AvgIpc) is 3.38. The predicted molar refractivity (Wildman–Crippen MR) is 129 cm³/mol. The molecule has 2 aliphatic heterocycles. The predicted octanol–water partition coefficient (Wildman–Crippen LogP) is 4.05. The van der Waals surface area contributed by atoms with Crippen molar-refractivity contribution in [2.45, 2.75) is 25.5 Å². The van der Waals surface area contributed by atoms with Crippen LogP contribution in [0.25, 0.3) is 5.76 Å². The molecule has 1 N–H and O–H groups in total. The second-order valence-electron chi connectivity index (χ2n) is 8.42. The van der Waals surface area contributed by atoms with Crippen LogP contribution in [0.4, 0.5) is 5.82 Å². The fourth-order valence-corrected chi connectivity index (χ4v) is 4.64. The number of ketones is 1. The number of Topliss-reactive ketones (excluding diaryl/α,β-unsaturated/α-hetero) is 1. The van der Waals surface area contributed by atoms with Crippen LogP contribution >= 0.6 is 0 Å². The number of carbonyl (C=O) groups is 2. The second kappa shape index (κ2) is 8.79. The molecule has 2 atom stereocenters. The van der Waals surface area contributed by atoms with Gasteiger partial charge in [-0.2, -0.15) is 0 Å². The summed E-state index contributed by atoms with van der Waals surface area (Å²) < 4.78 is 16.7. The van der Waals surface area contributed by atoms with E-state index >= 15 is 0 Å². The topological polar surface area (TPSA) is 98.2 Å². The van der Waals surface area contributed by atoms with Gasteiger partial charge in [0.2, 0.25) is 0 Å². The Labute approximate surface area is 202 Å². The smallest absolute Gasteiger partial charge is 0.301 e. The van der Waals surface area contributed by atoms with Crippen LogP contribution in [0, 0.1) is 0 Å². The Morgan fingerprint density at radius 2 is 1.91 bits per heavy atom. The van der Waals surface area contributed by atoms with Gasteiger partial charge < -0.3 is 19.3 Å². The second-order valence-corrected chi connectivity index (χ2v) is 8.42. The quantitative estimate of drug-likeness (QED) is 0.340. The number of anilines is 1. The number of ether oxygens (including phenoxy) is 3. The molecule has 35 heavy (non-hydrogen) atoms. The minimum absolute atomic E-state index is 0.0261. The maximum atomic E-state index is 13.4. The third-order valence-electron chi connectivity index (χ3n) is 6.24. The SMILES string of the molecule is COc1ccc(OC)c(C2C(=C(O)c3ccc4c(c3)CC(C)O4)C(=O)C(=O)N2c2ccccn2)c1. The van der Waals surface area contributed by atoms with Gasteiger partial charge in [0.25, 0.3) is 5.78 Å². The molecule has 2 unspecified atom stereocenters. The minimum Gasteiger partial charge on any atom is -0.507 e. The van der Waals surface area contributed by atoms with Gasteiger partial charge in [-0.15, -0.1) is 0 Å². The summed E-state index contributed by atoms with van der Waals surface area (Å²) in [6, 6.07) is 14.4. The zero-order valence-electron chi connectivity index (χ0n) is 19.5. The molecule has 1 fully saturated rings. The first-order chi connectivity index (χ1) is 16.9. The van der Waals surface area contributed by atoms with Crippen LogP contribution in [-0.2, 0) is 16.0 Å². The Bertz CT molecular complexity index is 1350. The first kappa shape index (κ1) is 22.5. The summed E-state index contributed by atoms with van der Waals surface area (Å²) in [4.78, 5) is 32.3. The molecule has 5 rings (SSSR count). The van der Waals surface area contributed by atoms with Gasteiger partial charge in [-0.3, -0.25) is 14.5 Å². The lowest BCUT2D eigenvalue weighted by Crippen LogP contribution is -2.30. The van der Waals surface area contributed by atoms with E-state index in [1.165, 1.54) is 25.3 Å². The molecular formula is C27H24N2O6. The number of pyridine rings is 1. The van der Waals surface area contributed by atoms with Crippen molar-refractivity contribution in [3.05, 3.63) is 83.1 Å². The highest BCUT2D eigenvalue weighted by atomic mass is 16.5. The summed E-state index contributed by atoms with van der Waals surface area (Å²) in [5.41, 5.74) is 1.78. The Morgan fingerprint density at radius 1 is 1.09 bits per heavy atom. The fraction of sp³-hybridized carbons (Fsp3) is 0.222. The molecule has 1 saturated heterocycles. The number of hydrogen-bond donors (Lipinski definition) is 1. The Morgan fingerprint density at radius 3 is 2.63 bits per heavy atom. The zero-order chi connectivity index (χ0) is 24.7. The van der Waals surface area contributed by atoms with Crippen LogP contribution in [0.2, 0.25) is 0 Å². The van der Waals surface area contributed by atoms with Crippen molar-refractivity contribution in [2.24, 2.45) is 0 Å². The van der Waals surface area contributed by atoms with E-state index in [-0.39, 0.29) is 23.3 Å². The van der Waals surface area contributed by atoms with Crippen LogP contribution < -0.4 is 19.1 Å². The fourth-order valence-electron chi connectivity index (χ4n) is 4.64. The highest BCUT2D eigenvalue weighted by Gasteiger charge is 2.48. The molecule has 0 radical (unpaired) electrons. The number of hydrogen-bond acceptors (Lipinski definition) is 7. The van der Waals surface area contributed by atoms with Crippen molar-refractivity contribution < 1.29 is 28.9 Å². The molecule has 3 aromatic rings. The monoisotopic (exact) mass is 472 g/mol. The normalized spacial score (nSPS) is 20.5. The van der Waals surface area contributed by atoms with Crippen molar-refractivity contribution >= 4 is 23.3 Å². The summed E-state index contributed by atoms with van der Waals surface area (Å²) in [5, 5.41) is 11.4. The number of amides is 1. The first-order valence-corrected chi connectivity index (χ1v) is 11.2. The molecule has 0 spiro atoms.